The molecule has 1 unspecified atom stereocenters. The first-order valence-corrected chi connectivity index (χ1v) is 6.56. The highest BCUT2D eigenvalue weighted by atomic mass is 32.1. The van der Waals surface area contributed by atoms with Crippen LogP contribution in [0.3, 0.4) is 0 Å². The molecule has 2 amide bonds. The van der Waals surface area contributed by atoms with Crippen LogP contribution in [0.5, 0.6) is 0 Å². The molecule has 0 aliphatic heterocycles. The summed E-state index contributed by atoms with van der Waals surface area (Å²) in [5.41, 5.74) is 0.138. The van der Waals surface area contributed by atoms with E-state index in [0.717, 1.165) is 0 Å². The first-order valence-electron chi connectivity index (χ1n) is 6.11. The Bertz CT molecular complexity index is 481. The number of thiol groups is 1. The number of hydrogen-bond acceptors (Lipinski definition) is 3. The third-order valence-electron chi connectivity index (χ3n) is 2.39. The molecule has 0 aliphatic carbocycles. The third-order valence-corrected chi connectivity index (χ3v) is 2.78. The summed E-state index contributed by atoms with van der Waals surface area (Å²) in [6.45, 7) is 7.33. The normalized spacial score (nSPS) is 12.7. The van der Waals surface area contributed by atoms with Crippen LogP contribution in [-0.2, 0) is 4.79 Å². The molecule has 19 heavy (non-hydrogen) atoms. The van der Waals surface area contributed by atoms with Crippen LogP contribution in [0, 0.1) is 0 Å². The molecule has 2 N–H and O–H groups in total. The second kappa shape index (κ2) is 6.10. The van der Waals surface area contributed by atoms with Crippen molar-refractivity contribution in [2.75, 3.05) is 0 Å². The Morgan fingerprint density at radius 1 is 1.21 bits per heavy atom. The van der Waals surface area contributed by atoms with Crippen molar-refractivity contribution in [3.05, 3.63) is 29.8 Å². The van der Waals surface area contributed by atoms with Crippen molar-refractivity contribution in [3.8, 4) is 0 Å². The zero-order chi connectivity index (χ0) is 14.6. The molecule has 1 aromatic carbocycles. The molecule has 0 fully saturated rings. The van der Waals surface area contributed by atoms with Crippen molar-refractivity contribution in [3.63, 3.8) is 0 Å². The lowest BCUT2D eigenvalue weighted by Crippen LogP contribution is -2.50. The van der Waals surface area contributed by atoms with Crippen LogP contribution in [0.4, 0.5) is 0 Å². The van der Waals surface area contributed by atoms with Gasteiger partial charge in [-0.25, -0.2) is 0 Å². The van der Waals surface area contributed by atoms with E-state index >= 15 is 0 Å². The van der Waals surface area contributed by atoms with Gasteiger partial charge in [0.1, 0.15) is 6.04 Å². The maximum absolute atomic E-state index is 12.0. The van der Waals surface area contributed by atoms with E-state index in [1.165, 1.54) is 0 Å². The molecule has 0 saturated carbocycles. The van der Waals surface area contributed by atoms with Crippen LogP contribution >= 0.6 is 12.6 Å². The van der Waals surface area contributed by atoms with Crippen molar-refractivity contribution < 1.29 is 9.59 Å². The Kier molecular flexibility index (Phi) is 5.00. The van der Waals surface area contributed by atoms with Crippen molar-refractivity contribution in [2.24, 2.45) is 0 Å². The molecule has 1 rings (SSSR count). The summed E-state index contributed by atoms with van der Waals surface area (Å²) in [6, 6.07) is 6.37. The summed E-state index contributed by atoms with van der Waals surface area (Å²) in [5.74, 6) is -0.514. The summed E-state index contributed by atoms with van der Waals surface area (Å²) in [6.07, 6.45) is 0. The minimum Gasteiger partial charge on any atom is -0.350 e. The number of amides is 2. The fraction of sp³-hybridized carbons (Fsp3) is 0.429. The van der Waals surface area contributed by atoms with Crippen LogP contribution in [-0.4, -0.2) is 23.4 Å². The Labute approximate surface area is 119 Å². The highest BCUT2D eigenvalue weighted by Gasteiger charge is 2.21. The predicted octanol–water partition coefficient (Wildman–Crippen LogP) is 2.01. The Morgan fingerprint density at radius 2 is 1.79 bits per heavy atom. The van der Waals surface area contributed by atoms with E-state index in [1.54, 1.807) is 31.2 Å². The van der Waals surface area contributed by atoms with Gasteiger partial charge in [0.05, 0.1) is 5.56 Å². The van der Waals surface area contributed by atoms with Crippen molar-refractivity contribution in [1.29, 1.82) is 0 Å². The average Bonchev–Trinajstić information content (AvgIpc) is 2.27. The summed E-state index contributed by atoms with van der Waals surface area (Å²) in [7, 11) is 0. The zero-order valence-electron chi connectivity index (χ0n) is 11.7. The first kappa shape index (κ1) is 15.6. The van der Waals surface area contributed by atoms with Gasteiger partial charge in [0, 0.05) is 10.4 Å². The summed E-state index contributed by atoms with van der Waals surface area (Å²) < 4.78 is 0. The molecule has 0 saturated heterocycles. The minimum absolute atomic E-state index is 0.211. The number of rotatable bonds is 3. The lowest BCUT2D eigenvalue weighted by molar-refractivity contribution is -0.124. The van der Waals surface area contributed by atoms with Crippen molar-refractivity contribution in [1.82, 2.24) is 10.6 Å². The molecule has 104 valence electrons. The van der Waals surface area contributed by atoms with Gasteiger partial charge in [-0.1, -0.05) is 12.1 Å². The first-order chi connectivity index (χ1) is 8.70. The van der Waals surface area contributed by atoms with Gasteiger partial charge in [0.2, 0.25) is 5.91 Å². The molecular formula is C14H20N2O2S. The fourth-order valence-electron chi connectivity index (χ4n) is 1.48. The van der Waals surface area contributed by atoms with Crippen LogP contribution in [0.1, 0.15) is 38.1 Å². The number of carbonyl (C=O) groups excluding carboxylic acids is 2. The summed E-state index contributed by atoms with van der Waals surface area (Å²) >= 11 is 4.22. The molecule has 5 heteroatoms. The molecule has 0 aliphatic rings. The maximum atomic E-state index is 12.0. The topological polar surface area (TPSA) is 58.2 Å². The van der Waals surface area contributed by atoms with Gasteiger partial charge in [-0.05, 0) is 39.8 Å². The number of hydrogen-bond donors (Lipinski definition) is 3. The van der Waals surface area contributed by atoms with E-state index in [-0.39, 0.29) is 17.4 Å². The monoisotopic (exact) mass is 280 g/mol. The predicted molar refractivity (Wildman–Crippen MR) is 78.5 cm³/mol. The van der Waals surface area contributed by atoms with Crippen LogP contribution in [0.2, 0.25) is 0 Å². The van der Waals surface area contributed by atoms with Gasteiger partial charge in [-0.15, -0.1) is 12.6 Å². The summed E-state index contributed by atoms with van der Waals surface area (Å²) in [4.78, 5) is 24.5. The largest absolute Gasteiger partial charge is 0.350 e. The lowest BCUT2D eigenvalue weighted by Gasteiger charge is -2.23. The standard InChI is InChI=1S/C14H20N2O2S/c1-9(12(17)16-14(2,3)4)15-13(18)10-7-5-6-8-11(10)19/h5-9,19H,1-4H3,(H,15,18)(H,16,17). The molecule has 0 aromatic heterocycles. The molecule has 0 bridgehead atoms. The SMILES string of the molecule is CC(NC(=O)c1ccccc1S)C(=O)NC(C)(C)C. The van der Waals surface area contributed by atoms with Gasteiger partial charge in [0.25, 0.3) is 5.91 Å². The number of benzene rings is 1. The third kappa shape index (κ3) is 4.95. The molecule has 4 nitrogen and oxygen atoms in total. The van der Waals surface area contributed by atoms with E-state index < -0.39 is 6.04 Å². The smallest absolute Gasteiger partial charge is 0.253 e. The number of carbonyl (C=O) groups is 2. The van der Waals surface area contributed by atoms with Crippen molar-refractivity contribution >= 4 is 24.4 Å². The fourth-order valence-corrected chi connectivity index (χ4v) is 1.75. The van der Waals surface area contributed by atoms with Crippen molar-refractivity contribution in [2.45, 2.75) is 44.2 Å². The molecular weight excluding hydrogens is 260 g/mol. The Hall–Kier alpha value is -1.49. The molecule has 1 aromatic rings. The van der Waals surface area contributed by atoms with Crippen LogP contribution in [0.15, 0.2) is 29.2 Å². The van der Waals surface area contributed by atoms with E-state index in [2.05, 4.69) is 23.3 Å². The Morgan fingerprint density at radius 3 is 2.32 bits per heavy atom. The van der Waals surface area contributed by atoms with Crippen LogP contribution in [0.25, 0.3) is 0 Å². The molecule has 1 atom stereocenters. The molecule has 0 spiro atoms. The Balaban J connectivity index is 2.67. The second-order valence-electron chi connectivity index (χ2n) is 5.45. The molecule has 0 heterocycles. The van der Waals surface area contributed by atoms with Gasteiger partial charge in [0.15, 0.2) is 0 Å². The van der Waals surface area contributed by atoms with E-state index in [4.69, 9.17) is 0 Å². The zero-order valence-corrected chi connectivity index (χ0v) is 12.5. The highest BCUT2D eigenvalue weighted by molar-refractivity contribution is 7.80. The number of nitrogens with one attached hydrogen (secondary N) is 2. The van der Waals surface area contributed by atoms with Crippen LogP contribution < -0.4 is 10.6 Å². The second-order valence-corrected chi connectivity index (χ2v) is 5.93. The highest BCUT2D eigenvalue weighted by Crippen LogP contribution is 2.12. The van der Waals surface area contributed by atoms with Gasteiger partial charge in [-0.2, -0.15) is 0 Å². The minimum atomic E-state index is -0.598. The average molecular weight is 280 g/mol. The van der Waals surface area contributed by atoms with Gasteiger partial charge in [-0.3, -0.25) is 9.59 Å². The summed E-state index contributed by atoms with van der Waals surface area (Å²) in [5, 5.41) is 5.48. The van der Waals surface area contributed by atoms with Gasteiger partial charge < -0.3 is 10.6 Å². The van der Waals surface area contributed by atoms with Gasteiger partial charge >= 0.3 is 0 Å². The lowest BCUT2D eigenvalue weighted by atomic mass is 10.1. The maximum Gasteiger partial charge on any atom is 0.253 e. The van der Waals surface area contributed by atoms with E-state index in [0.29, 0.717) is 10.5 Å². The quantitative estimate of drug-likeness (QED) is 0.742. The van der Waals surface area contributed by atoms with E-state index in [1.807, 2.05) is 20.8 Å². The van der Waals surface area contributed by atoms with E-state index in [9.17, 15) is 9.59 Å². The molecule has 0 radical (unpaired) electrons.